The largest absolute Gasteiger partial charge is 0.369 e. The first-order valence-corrected chi connectivity index (χ1v) is 9.23. The zero-order valence-electron chi connectivity index (χ0n) is 14.0. The van der Waals surface area contributed by atoms with Gasteiger partial charge in [-0.1, -0.05) is 0 Å². The molecule has 2 aromatic rings. The van der Waals surface area contributed by atoms with E-state index in [4.69, 9.17) is 10.5 Å². The fraction of sp³-hybridized carbons (Fsp3) is 0.250. The summed E-state index contributed by atoms with van der Waals surface area (Å²) in [7, 11) is -3.65. The Balaban J connectivity index is 2.14. The Morgan fingerprint density at radius 1 is 1.19 bits per heavy atom. The van der Waals surface area contributed by atoms with Crippen LogP contribution in [0.4, 0.5) is 17.5 Å². The molecular weight excluding hydrogens is 354 g/mol. The number of nitrogens with zero attached hydrogens (tertiary/aromatic N) is 4. The van der Waals surface area contributed by atoms with E-state index in [1.807, 2.05) is 19.1 Å². The van der Waals surface area contributed by atoms with Crippen LogP contribution < -0.4 is 15.4 Å². The van der Waals surface area contributed by atoms with Gasteiger partial charge in [-0.05, 0) is 31.2 Å². The third-order valence-corrected chi connectivity index (χ3v) is 4.68. The summed E-state index contributed by atoms with van der Waals surface area (Å²) in [6, 6.07) is 9.91. The van der Waals surface area contributed by atoms with Crippen molar-refractivity contribution in [1.82, 2.24) is 14.7 Å². The molecule has 0 aliphatic carbocycles. The maximum absolute atomic E-state index is 12.1. The molecule has 9 nitrogen and oxygen atoms in total. The molecule has 26 heavy (non-hydrogen) atoms. The van der Waals surface area contributed by atoms with Gasteiger partial charge in [-0.25, -0.2) is 18.1 Å². The molecule has 0 saturated carbocycles. The average Bonchev–Trinajstić information content (AvgIpc) is 2.63. The number of hydrogen-bond acceptors (Lipinski definition) is 8. The van der Waals surface area contributed by atoms with Gasteiger partial charge in [0.1, 0.15) is 17.5 Å². The van der Waals surface area contributed by atoms with Crippen LogP contribution in [-0.4, -0.2) is 31.5 Å². The molecule has 1 aromatic carbocycles. The van der Waals surface area contributed by atoms with Crippen molar-refractivity contribution in [3.8, 4) is 12.1 Å². The summed E-state index contributed by atoms with van der Waals surface area (Å²) in [6.07, 6.45) is 1.51. The quantitative estimate of drug-likeness (QED) is 0.595. The van der Waals surface area contributed by atoms with E-state index in [0.717, 1.165) is 0 Å². The monoisotopic (exact) mass is 371 g/mol. The molecule has 0 amide bonds. The zero-order valence-corrected chi connectivity index (χ0v) is 14.8. The van der Waals surface area contributed by atoms with E-state index in [0.29, 0.717) is 23.6 Å². The molecule has 134 valence electrons. The number of hydrogen-bond donors (Lipinski definition) is 3. The molecule has 0 bridgehead atoms. The SMILES string of the molecule is CCNc1nc(Nc2ccc(S(=O)(=O)NCCC#N)cc2)ncc1C#N. The molecular formula is C16H17N7O2S. The lowest BCUT2D eigenvalue weighted by molar-refractivity contribution is 0.582. The van der Waals surface area contributed by atoms with E-state index >= 15 is 0 Å². The van der Waals surface area contributed by atoms with Crippen LogP contribution in [0.1, 0.15) is 18.9 Å². The Morgan fingerprint density at radius 3 is 2.54 bits per heavy atom. The third kappa shape index (κ3) is 4.89. The van der Waals surface area contributed by atoms with Crippen LogP contribution in [-0.2, 0) is 10.0 Å². The van der Waals surface area contributed by atoms with Gasteiger partial charge in [0, 0.05) is 25.2 Å². The summed E-state index contributed by atoms with van der Waals surface area (Å²) in [5, 5.41) is 23.4. The first kappa shape index (κ1) is 19.1. The van der Waals surface area contributed by atoms with Crippen molar-refractivity contribution < 1.29 is 8.42 Å². The van der Waals surface area contributed by atoms with Crippen molar-refractivity contribution in [2.75, 3.05) is 23.7 Å². The van der Waals surface area contributed by atoms with Gasteiger partial charge in [0.25, 0.3) is 0 Å². The summed E-state index contributed by atoms with van der Waals surface area (Å²) in [6.45, 7) is 2.56. The molecule has 0 fully saturated rings. The first-order chi connectivity index (χ1) is 12.5. The summed E-state index contributed by atoms with van der Waals surface area (Å²) in [5.74, 6) is 0.705. The topological polar surface area (TPSA) is 144 Å². The second kappa shape index (κ2) is 8.76. The second-order valence-electron chi connectivity index (χ2n) is 5.05. The number of sulfonamides is 1. The van der Waals surface area contributed by atoms with Crippen molar-refractivity contribution in [3.05, 3.63) is 36.0 Å². The number of rotatable bonds is 8. The Hall–Kier alpha value is -3.21. The van der Waals surface area contributed by atoms with Gasteiger partial charge >= 0.3 is 0 Å². The number of nitriles is 2. The summed E-state index contributed by atoms with van der Waals surface area (Å²) < 4.78 is 26.5. The van der Waals surface area contributed by atoms with E-state index in [2.05, 4.69) is 25.3 Å². The Kier molecular flexibility index (Phi) is 6.44. The van der Waals surface area contributed by atoms with Crippen molar-refractivity contribution in [2.24, 2.45) is 0 Å². The second-order valence-corrected chi connectivity index (χ2v) is 6.82. The van der Waals surface area contributed by atoms with E-state index in [-0.39, 0.29) is 23.8 Å². The van der Waals surface area contributed by atoms with E-state index < -0.39 is 10.0 Å². The van der Waals surface area contributed by atoms with Crippen LogP contribution in [0.15, 0.2) is 35.4 Å². The zero-order chi connectivity index (χ0) is 19.0. The average molecular weight is 371 g/mol. The third-order valence-electron chi connectivity index (χ3n) is 3.20. The van der Waals surface area contributed by atoms with Gasteiger partial charge in [0.15, 0.2) is 0 Å². The molecule has 0 aliphatic rings. The molecule has 0 saturated heterocycles. The van der Waals surface area contributed by atoms with Gasteiger partial charge in [-0.3, -0.25) is 0 Å². The molecule has 0 radical (unpaired) electrons. The maximum Gasteiger partial charge on any atom is 0.240 e. The lowest BCUT2D eigenvalue weighted by Gasteiger charge is -2.09. The lowest BCUT2D eigenvalue weighted by atomic mass is 10.3. The van der Waals surface area contributed by atoms with Crippen LogP contribution >= 0.6 is 0 Å². The van der Waals surface area contributed by atoms with Gasteiger partial charge in [0.05, 0.1) is 17.2 Å². The molecule has 1 aromatic heterocycles. The predicted octanol–water partition coefficient (Wildman–Crippen LogP) is 1.72. The number of benzene rings is 1. The smallest absolute Gasteiger partial charge is 0.240 e. The molecule has 0 spiro atoms. The molecule has 1 heterocycles. The van der Waals surface area contributed by atoms with E-state index in [1.165, 1.54) is 18.3 Å². The Morgan fingerprint density at radius 2 is 1.92 bits per heavy atom. The van der Waals surface area contributed by atoms with Crippen LogP contribution in [0.2, 0.25) is 0 Å². The molecule has 2 rings (SSSR count). The van der Waals surface area contributed by atoms with Crippen LogP contribution in [0.3, 0.4) is 0 Å². The lowest BCUT2D eigenvalue weighted by Crippen LogP contribution is -2.24. The van der Waals surface area contributed by atoms with Crippen molar-refractivity contribution in [3.63, 3.8) is 0 Å². The molecule has 10 heteroatoms. The maximum atomic E-state index is 12.1. The summed E-state index contributed by atoms with van der Waals surface area (Å²) in [5.41, 5.74) is 0.926. The molecule has 0 aliphatic heterocycles. The Labute approximate surface area is 151 Å². The van der Waals surface area contributed by atoms with E-state index in [1.54, 1.807) is 12.1 Å². The van der Waals surface area contributed by atoms with Gasteiger partial charge in [-0.15, -0.1) is 0 Å². The summed E-state index contributed by atoms with van der Waals surface area (Å²) in [4.78, 5) is 8.39. The van der Waals surface area contributed by atoms with Crippen LogP contribution in [0, 0.1) is 22.7 Å². The van der Waals surface area contributed by atoms with Crippen molar-refractivity contribution in [2.45, 2.75) is 18.2 Å². The van der Waals surface area contributed by atoms with Crippen LogP contribution in [0.5, 0.6) is 0 Å². The number of aromatic nitrogens is 2. The van der Waals surface area contributed by atoms with Gasteiger partial charge < -0.3 is 10.6 Å². The minimum atomic E-state index is -3.65. The number of anilines is 3. The van der Waals surface area contributed by atoms with E-state index in [9.17, 15) is 8.42 Å². The fourth-order valence-corrected chi connectivity index (χ4v) is 3.03. The molecule has 0 atom stereocenters. The predicted molar refractivity (Wildman–Crippen MR) is 96.1 cm³/mol. The summed E-state index contributed by atoms with van der Waals surface area (Å²) >= 11 is 0. The van der Waals surface area contributed by atoms with Crippen molar-refractivity contribution >= 4 is 27.5 Å². The fourth-order valence-electron chi connectivity index (χ4n) is 2.00. The standard InChI is InChI=1S/C16H17N7O2S/c1-2-19-15-12(10-18)11-20-16(23-15)22-13-4-6-14(7-5-13)26(24,25)21-9-3-8-17/h4-7,11,21H,2-3,9H2,1H3,(H2,19,20,22,23). The highest BCUT2D eigenvalue weighted by Gasteiger charge is 2.13. The van der Waals surface area contributed by atoms with Crippen LogP contribution in [0.25, 0.3) is 0 Å². The number of nitrogens with one attached hydrogen (secondary N) is 3. The van der Waals surface area contributed by atoms with Crippen molar-refractivity contribution in [1.29, 1.82) is 10.5 Å². The van der Waals surface area contributed by atoms with Gasteiger partial charge in [0.2, 0.25) is 16.0 Å². The first-order valence-electron chi connectivity index (χ1n) is 7.75. The molecule has 3 N–H and O–H groups in total. The Bertz CT molecular complexity index is 944. The highest BCUT2D eigenvalue weighted by Crippen LogP contribution is 2.19. The molecule has 0 unspecified atom stereocenters. The minimum absolute atomic E-state index is 0.0606. The van der Waals surface area contributed by atoms with Gasteiger partial charge in [-0.2, -0.15) is 15.5 Å². The minimum Gasteiger partial charge on any atom is -0.369 e. The highest BCUT2D eigenvalue weighted by atomic mass is 32.2. The highest BCUT2D eigenvalue weighted by molar-refractivity contribution is 7.89. The normalized spacial score (nSPS) is 10.6.